The van der Waals surface area contributed by atoms with Crippen LogP contribution in [0.1, 0.15) is 29.6 Å². The summed E-state index contributed by atoms with van der Waals surface area (Å²) in [4.78, 5) is 0. The van der Waals surface area contributed by atoms with Crippen LogP contribution in [0.3, 0.4) is 0 Å². The highest BCUT2D eigenvalue weighted by Crippen LogP contribution is 2.33. The molecule has 18 heavy (non-hydrogen) atoms. The topological polar surface area (TPSA) is 24.1 Å². The Labute approximate surface area is 116 Å². The average molecular weight is 303 g/mol. The van der Waals surface area contributed by atoms with Crippen LogP contribution < -0.4 is 10.9 Å². The van der Waals surface area contributed by atoms with Gasteiger partial charge in [0.2, 0.25) is 0 Å². The summed E-state index contributed by atoms with van der Waals surface area (Å²) in [5.41, 5.74) is 9.40. The zero-order chi connectivity index (χ0) is 12.4. The van der Waals surface area contributed by atoms with Crippen LogP contribution in [-0.2, 0) is 0 Å². The molecule has 0 bridgehead atoms. The Morgan fingerprint density at radius 2 is 1.50 bits per heavy atom. The van der Waals surface area contributed by atoms with Crippen LogP contribution in [0.25, 0.3) is 0 Å². The van der Waals surface area contributed by atoms with Crippen molar-refractivity contribution in [1.82, 2.24) is 10.9 Å². The Hall–Kier alpha value is -1.16. The molecule has 0 aromatic heterocycles. The number of halogens is 1. The van der Waals surface area contributed by atoms with Gasteiger partial charge in [0.1, 0.15) is 0 Å². The van der Waals surface area contributed by atoms with Gasteiger partial charge in [-0.3, -0.25) is 0 Å². The molecule has 1 aliphatic rings. The van der Waals surface area contributed by atoms with Gasteiger partial charge in [-0.15, -0.1) is 0 Å². The van der Waals surface area contributed by atoms with Crippen molar-refractivity contribution in [2.75, 3.05) is 0 Å². The number of benzene rings is 2. The van der Waals surface area contributed by atoms with E-state index in [-0.39, 0.29) is 0 Å². The quantitative estimate of drug-likeness (QED) is 0.883. The van der Waals surface area contributed by atoms with Crippen molar-refractivity contribution in [1.29, 1.82) is 0 Å². The maximum Gasteiger partial charge on any atom is 0.0492 e. The Balaban J connectivity index is 1.78. The lowest BCUT2D eigenvalue weighted by atomic mass is 9.98. The molecule has 3 heteroatoms. The van der Waals surface area contributed by atoms with Crippen molar-refractivity contribution in [2.45, 2.75) is 18.5 Å². The maximum atomic E-state index is 3.61. The lowest BCUT2D eigenvalue weighted by Gasteiger charge is -2.11. The predicted octanol–water partition coefficient (Wildman–Crippen LogP) is 3.73. The van der Waals surface area contributed by atoms with Crippen molar-refractivity contribution >= 4 is 15.9 Å². The lowest BCUT2D eigenvalue weighted by Crippen LogP contribution is -2.26. The van der Waals surface area contributed by atoms with E-state index in [1.807, 2.05) is 6.07 Å². The van der Waals surface area contributed by atoms with Gasteiger partial charge in [0.25, 0.3) is 0 Å². The zero-order valence-electron chi connectivity index (χ0n) is 9.94. The van der Waals surface area contributed by atoms with E-state index < -0.39 is 0 Å². The van der Waals surface area contributed by atoms with E-state index in [0.717, 1.165) is 10.9 Å². The first kappa shape index (κ1) is 11.9. The highest BCUT2D eigenvalue weighted by Gasteiger charge is 2.26. The number of hydrazine groups is 1. The molecule has 0 saturated carbocycles. The van der Waals surface area contributed by atoms with E-state index in [9.17, 15) is 0 Å². The van der Waals surface area contributed by atoms with Crippen LogP contribution >= 0.6 is 15.9 Å². The molecule has 2 atom stereocenters. The molecule has 2 aromatic carbocycles. The summed E-state index contributed by atoms with van der Waals surface area (Å²) in [5, 5.41) is 0. The third-order valence-electron chi connectivity index (χ3n) is 3.39. The molecule has 1 heterocycles. The Bertz CT molecular complexity index is 527. The van der Waals surface area contributed by atoms with Crippen molar-refractivity contribution in [3.8, 4) is 0 Å². The highest BCUT2D eigenvalue weighted by molar-refractivity contribution is 9.10. The molecule has 1 fully saturated rings. The first-order valence-electron chi connectivity index (χ1n) is 6.15. The van der Waals surface area contributed by atoms with E-state index in [2.05, 4.69) is 75.3 Å². The minimum Gasteiger partial charge on any atom is -0.250 e. The third kappa shape index (κ3) is 2.34. The molecule has 3 rings (SSSR count). The van der Waals surface area contributed by atoms with E-state index in [0.29, 0.717) is 12.1 Å². The van der Waals surface area contributed by atoms with Crippen LogP contribution in [-0.4, -0.2) is 0 Å². The SMILES string of the molecule is Brc1ccccc1C1CC(c2ccccc2)NN1. The maximum absolute atomic E-state index is 3.61. The van der Waals surface area contributed by atoms with E-state index in [1.165, 1.54) is 11.1 Å². The fourth-order valence-electron chi connectivity index (χ4n) is 2.42. The summed E-state index contributed by atoms with van der Waals surface area (Å²) < 4.78 is 1.16. The van der Waals surface area contributed by atoms with Gasteiger partial charge in [0.05, 0.1) is 0 Å². The number of rotatable bonds is 2. The van der Waals surface area contributed by atoms with Gasteiger partial charge < -0.3 is 0 Å². The van der Waals surface area contributed by atoms with Gasteiger partial charge in [-0.05, 0) is 23.6 Å². The average Bonchev–Trinajstić information content (AvgIpc) is 2.90. The van der Waals surface area contributed by atoms with Crippen molar-refractivity contribution in [3.63, 3.8) is 0 Å². The third-order valence-corrected chi connectivity index (χ3v) is 4.11. The molecular formula is C15H15BrN2. The molecule has 1 aliphatic heterocycles. The lowest BCUT2D eigenvalue weighted by molar-refractivity contribution is 0.554. The molecule has 0 amide bonds. The van der Waals surface area contributed by atoms with E-state index in [1.54, 1.807) is 0 Å². The first-order valence-corrected chi connectivity index (χ1v) is 6.94. The second-order valence-electron chi connectivity index (χ2n) is 4.56. The molecule has 0 radical (unpaired) electrons. The predicted molar refractivity (Wildman–Crippen MR) is 77.0 cm³/mol. The fraction of sp³-hybridized carbons (Fsp3) is 0.200. The first-order chi connectivity index (χ1) is 8.84. The summed E-state index contributed by atoms with van der Waals surface area (Å²) >= 11 is 3.61. The molecule has 2 N–H and O–H groups in total. The summed E-state index contributed by atoms with van der Waals surface area (Å²) in [6, 6.07) is 19.7. The Morgan fingerprint density at radius 3 is 2.28 bits per heavy atom. The Kier molecular flexibility index (Phi) is 3.46. The normalized spacial score (nSPS) is 23.2. The molecule has 2 unspecified atom stereocenters. The minimum absolute atomic E-state index is 0.353. The van der Waals surface area contributed by atoms with Crippen LogP contribution in [0.5, 0.6) is 0 Å². The van der Waals surface area contributed by atoms with Crippen LogP contribution in [0.15, 0.2) is 59.1 Å². The molecule has 1 saturated heterocycles. The summed E-state index contributed by atoms with van der Waals surface area (Å²) in [5.74, 6) is 0. The molecule has 2 aromatic rings. The van der Waals surface area contributed by atoms with Crippen molar-refractivity contribution < 1.29 is 0 Å². The van der Waals surface area contributed by atoms with E-state index in [4.69, 9.17) is 0 Å². The second-order valence-corrected chi connectivity index (χ2v) is 5.42. The highest BCUT2D eigenvalue weighted by atomic mass is 79.9. The summed E-state index contributed by atoms with van der Waals surface area (Å²) in [7, 11) is 0. The number of hydrogen-bond acceptors (Lipinski definition) is 2. The van der Waals surface area contributed by atoms with Gasteiger partial charge in [-0.1, -0.05) is 64.5 Å². The number of hydrogen-bond donors (Lipinski definition) is 2. The second kappa shape index (κ2) is 5.22. The van der Waals surface area contributed by atoms with Gasteiger partial charge in [0, 0.05) is 16.6 Å². The van der Waals surface area contributed by atoms with Crippen molar-refractivity contribution in [3.05, 3.63) is 70.2 Å². The van der Waals surface area contributed by atoms with Crippen molar-refractivity contribution in [2.24, 2.45) is 0 Å². The summed E-state index contributed by atoms with van der Waals surface area (Å²) in [6.07, 6.45) is 1.06. The number of nitrogens with one attached hydrogen (secondary N) is 2. The Morgan fingerprint density at radius 1 is 0.833 bits per heavy atom. The minimum atomic E-state index is 0.353. The van der Waals surface area contributed by atoms with E-state index >= 15 is 0 Å². The molecule has 92 valence electrons. The van der Waals surface area contributed by atoms with Gasteiger partial charge in [-0.2, -0.15) is 0 Å². The molecule has 2 nitrogen and oxygen atoms in total. The van der Waals surface area contributed by atoms with Gasteiger partial charge in [0.15, 0.2) is 0 Å². The zero-order valence-corrected chi connectivity index (χ0v) is 11.5. The molecular weight excluding hydrogens is 288 g/mol. The molecule has 0 aliphatic carbocycles. The largest absolute Gasteiger partial charge is 0.250 e. The fourth-order valence-corrected chi connectivity index (χ4v) is 2.98. The van der Waals surface area contributed by atoms with Crippen LogP contribution in [0, 0.1) is 0 Å². The standard InChI is InChI=1S/C15H15BrN2/c16-13-9-5-4-8-12(13)15-10-14(17-18-15)11-6-2-1-3-7-11/h1-9,14-15,17-18H,10H2. The summed E-state index contributed by atoms with van der Waals surface area (Å²) in [6.45, 7) is 0. The van der Waals surface area contributed by atoms with Gasteiger partial charge >= 0.3 is 0 Å². The smallest absolute Gasteiger partial charge is 0.0492 e. The molecule has 0 spiro atoms. The van der Waals surface area contributed by atoms with Crippen LogP contribution in [0.2, 0.25) is 0 Å². The monoisotopic (exact) mass is 302 g/mol. The van der Waals surface area contributed by atoms with Gasteiger partial charge in [-0.25, -0.2) is 10.9 Å². The van der Waals surface area contributed by atoms with Crippen LogP contribution in [0.4, 0.5) is 0 Å².